The Labute approximate surface area is 203 Å². The van der Waals surface area contributed by atoms with Crippen molar-refractivity contribution in [1.82, 2.24) is 9.47 Å². The summed E-state index contributed by atoms with van der Waals surface area (Å²) < 4.78 is 12.3. The van der Waals surface area contributed by atoms with Gasteiger partial charge in [-0.2, -0.15) is 0 Å². The molecule has 35 heavy (non-hydrogen) atoms. The minimum Gasteiger partial charge on any atom is -0.493 e. The van der Waals surface area contributed by atoms with E-state index in [-0.39, 0.29) is 18.2 Å². The Hall–Kier alpha value is -3.92. The number of carbonyl (C=O) groups is 1. The van der Waals surface area contributed by atoms with Crippen LogP contribution < -0.4 is 9.47 Å². The molecule has 10 nitrogen and oxygen atoms in total. The van der Waals surface area contributed by atoms with Crippen LogP contribution in [0.15, 0.2) is 57.8 Å². The van der Waals surface area contributed by atoms with E-state index in [9.17, 15) is 9.90 Å². The monoisotopic (exact) mass is 479 g/mol. The van der Waals surface area contributed by atoms with Crippen molar-refractivity contribution < 1.29 is 24.2 Å². The second-order valence-corrected chi connectivity index (χ2v) is 8.20. The molecule has 1 amide bonds. The summed E-state index contributed by atoms with van der Waals surface area (Å²) >= 11 is 0. The van der Waals surface area contributed by atoms with Crippen LogP contribution in [-0.4, -0.2) is 60.1 Å². The van der Waals surface area contributed by atoms with E-state index in [1.807, 2.05) is 30.3 Å². The van der Waals surface area contributed by atoms with Crippen molar-refractivity contribution in [2.24, 2.45) is 15.4 Å². The number of rotatable bonds is 9. The third kappa shape index (κ3) is 5.43. The first kappa shape index (κ1) is 24.2. The number of benzene rings is 2. The first-order valence-electron chi connectivity index (χ1n) is 11.4. The molecule has 1 aromatic heterocycles. The number of amides is 1. The van der Waals surface area contributed by atoms with Crippen molar-refractivity contribution in [1.29, 1.82) is 0 Å². The SMILES string of the molecule is COc1ccc(/C(C)=N\OCC(=O)N=Nc2c(O)n(CN3CCCC3)c3ccccc23)cc1OC. The molecule has 3 aromatic rings. The summed E-state index contributed by atoms with van der Waals surface area (Å²) in [5, 5.41) is 23.3. The Balaban J connectivity index is 1.43. The van der Waals surface area contributed by atoms with Crippen LogP contribution in [0.4, 0.5) is 5.69 Å². The summed E-state index contributed by atoms with van der Waals surface area (Å²) in [6.45, 7) is 3.90. The van der Waals surface area contributed by atoms with Crippen LogP contribution >= 0.6 is 0 Å². The van der Waals surface area contributed by atoms with Crippen molar-refractivity contribution in [2.45, 2.75) is 26.4 Å². The first-order chi connectivity index (χ1) is 17.0. The molecular weight excluding hydrogens is 450 g/mol. The van der Waals surface area contributed by atoms with Gasteiger partial charge in [0.2, 0.25) is 5.88 Å². The van der Waals surface area contributed by atoms with Crippen LogP contribution in [0.3, 0.4) is 0 Å². The second-order valence-electron chi connectivity index (χ2n) is 8.20. The van der Waals surface area contributed by atoms with Gasteiger partial charge in [0.25, 0.3) is 0 Å². The summed E-state index contributed by atoms with van der Waals surface area (Å²) in [4.78, 5) is 19.7. The number of carbonyl (C=O) groups excluding carboxylic acids is 1. The van der Waals surface area contributed by atoms with Gasteiger partial charge in [-0.25, -0.2) is 0 Å². The number of oxime groups is 1. The smallest absolute Gasteiger partial charge is 0.304 e. The van der Waals surface area contributed by atoms with E-state index in [2.05, 4.69) is 20.3 Å². The normalized spacial score (nSPS) is 14.7. The van der Waals surface area contributed by atoms with Gasteiger partial charge in [0, 0.05) is 10.9 Å². The number of aromatic hydroxyl groups is 1. The number of azo groups is 1. The molecule has 184 valence electrons. The highest BCUT2D eigenvalue weighted by Gasteiger charge is 2.20. The molecule has 1 saturated heterocycles. The average Bonchev–Trinajstić information content (AvgIpc) is 3.49. The quantitative estimate of drug-likeness (QED) is 0.275. The van der Waals surface area contributed by atoms with Gasteiger partial charge in [0.15, 0.2) is 23.8 Å². The van der Waals surface area contributed by atoms with Crippen molar-refractivity contribution in [2.75, 3.05) is 33.9 Å². The largest absolute Gasteiger partial charge is 0.493 e. The minimum atomic E-state index is -0.621. The van der Waals surface area contributed by atoms with Crippen LogP contribution in [0.5, 0.6) is 17.4 Å². The fraction of sp³-hybridized carbons (Fsp3) is 0.360. The van der Waals surface area contributed by atoms with E-state index in [1.54, 1.807) is 37.8 Å². The highest BCUT2D eigenvalue weighted by Crippen LogP contribution is 2.39. The molecular formula is C25H29N5O5. The van der Waals surface area contributed by atoms with Gasteiger partial charge < -0.3 is 19.4 Å². The van der Waals surface area contributed by atoms with Crippen LogP contribution in [-0.2, 0) is 16.3 Å². The molecule has 0 spiro atoms. The van der Waals surface area contributed by atoms with Gasteiger partial charge in [-0.05, 0) is 57.1 Å². The number of methoxy groups -OCH3 is 2. The number of hydrogen-bond acceptors (Lipinski definition) is 8. The van der Waals surface area contributed by atoms with Gasteiger partial charge in [0.1, 0.15) is 0 Å². The molecule has 1 fully saturated rings. The van der Waals surface area contributed by atoms with Gasteiger partial charge >= 0.3 is 5.91 Å². The fourth-order valence-corrected chi connectivity index (χ4v) is 4.07. The van der Waals surface area contributed by atoms with E-state index in [4.69, 9.17) is 14.3 Å². The molecule has 2 aromatic carbocycles. The molecule has 0 saturated carbocycles. The van der Waals surface area contributed by atoms with Crippen molar-refractivity contribution >= 4 is 28.2 Å². The number of nitrogens with zero attached hydrogens (tertiary/aromatic N) is 5. The zero-order valence-corrected chi connectivity index (χ0v) is 20.1. The number of para-hydroxylation sites is 1. The summed E-state index contributed by atoms with van der Waals surface area (Å²) in [5.74, 6) is 0.529. The summed E-state index contributed by atoms with van der Waals surface area (Å²) in [5.41, 5.74) is 2.41. The Kier molecular flexibility index (Phi) is 7.61. The molecule has 1 N–H and O–H groups in total. The maximum atomic E-state index is 12.3. The lowest BCUT2D eigenvalue weighted by Crippen LogP contribution is -2.22. The molecule has 0 unspecified atom stereocenters. The second kappa shape index (κ2) is 11.0. The van der Waals surface area contributed by atoms with Crippen molar-refractivity contribution in [3.05, 3.63) is 48.0 Å². The Morgan fingerprint density at radius 3 is 2.54 bits per heavy atom. The Morgan fingerprint density at radius 1 is 1.06 bits per heavy atom. The van der Waals surface area contributed by atoms with Gasteiger partial charge in [-0.1, -0.05) is 23.4 Å². The minimum absolute atomic E-state index is 0.0158. The van der Waals surface area contributed by atoms with Crippen LogP contribution in [0.25, 0.3) is 10.9 Å². The molecule has 0 radical (unpaired) electrons. The molecule has 0 bridgehead atoms. The average molecular weight is 480 g/mol. The molecule has 1 aliphatic heterocycles. The van der Waals surface area contributed by atoms with E-state index in [0.717, 1.165) is 42.4 Å². The lowest BCUT2D eigenvalue weighted by Gasteiger charge is -2.17. The molecule has 0 atom stereocenters. The maximum Gasteiger partial charge on any atom is 0.304 e. The van der Waals surface area contributed by atoms with Crippen molar-refractivity contribution in [3.8, 4) is 17.4 Å². The van der Waals surface area contributed by atoms with Gasteiger partial charge in [0.05, 0.1) is 32.1 Å². The van der Waals surface area contributed by atoms with Crippen LogP contribution in [0.1, 0.15) is 25.3 Å². The third-order valence-corrected chi connectivity index (χ3v) is 5.91. The fourth-order valence-electron chi connectivity index (χ4n) is 4.07. The maximum absolute atomic E-state index is 12.3. The Morgan fingerprint density at radius 2 is 1.80 bits per heavy atom. The van der Waals surface area contributed by atoms with E-state index in [1.165, 1.54) is 0 Å². The topological polar surface area (TPSA) is 110 Å². The number of aromatic nitrogens is 1. The van der Waals surface area contributed by atoms with E-state index in [0.29, 0.717) is 23.9 Å². The van der Waals surface area contributed by atoms with Gasteiger partial charge in [-0.15, -0.1) is 10.2 Å². The highest BCUT2D eigenvalue weighted by molar-refractivity contribution is 5.99. The Bertz CT molecular complexity index is 1260. The van der Waals surface area contributed by atoms with Crippen molar-refractivity contribution in [3.63, 3.8) is 0 Å². The molecule has 0 aliphatic carbocycles. The highest BCUT2D eigenvalue weighted by atomic mass is 16.6. The zero-order valence-electron chi connectivity index (χ0n) is 20.1. The van der Waals surface area contributed by atoms with Gasteiger partial charge in [-0.3, -0.25) is 14.3 Å². The van der Waals surface area contributed by atoms with Crippen LogP contribution in [0.2, 0.25) is 0 Å². The standard InChI is InChI=1S/C25H29N5O5/c1-17(18-10-11-21(33-2)22(14-18)34-3)28-35-15-23(31)26-27-24-19-8-4-5-9-20(19)30(25(24)32)16-29-12-6-7-13-29/h4-5,8-11,14,32H,6-7,12-13,15-16H2,1-3H3/b27-26?,28-17-. The predicted octanol–water partition coefficient (Wildman–Crippen LogP) is 4.47. The number of ether oxygens (including phenoxy) is 2. The summed E-state index contributed by atoms with van der Waals surface area (Å²) in [7, 11) is 3.11. The molecule has 1 aliphatic rings. The number of fused-ring (bicyclic) bond motifs is 1. The zero-order chi connectivity index (χ0) is 24.8. The van der Waals surface area contributed by atoms with Crippen LogP contribution in [0, 0.1) is 0 Å². The summed E-state index contributed by atoms with van der Waals surface area (Å²) in [6, 6.07) is 12.9. The number of likely N-dealkylation sites (tertiary alicyclic amines) is 1. The number of hydrogen-bond donors (Lipinski definition) is 1. The third-order valence-electron chi connectivity index (χ3n) is 5.91. The lowest BCUT2D eigenvalue weighted by atomic mass is 10.1. The van der Waals surface area contributed by atoms with E-state index >= 15 is 0 Å². The van der Waals surface area contributed by atoms with E-state index < -0.39 is 5.91 Å². The molecule has 10 heteroatoms. The molecule has 2 heterocycles. The lowest BCUT2D eigenvalue weighted by molar-refractivity contribution is -0.122. The predicted molar refractivity (Wildman–Crippen MR) is 132 cm³/mol. The summed E-state index contributed by atoms with van der Waals surface area (Å²) in [6.07, 6.45) is 2.30. The molecule has 4 rings (SSSR count). The first-order valence-corrected chi connectivity index (χ1v) is 11.4.